The molecule has 0 radical (unpaired) electrons. The largest absolute Gasteiger partial charge is 0.442 e. The van der Waals surface area contributed by atoms with Crippen molar-refractivity contribution in [1.82, 2.24) is 10.5 Å². The summed E-state index contributed by atoms with van der Waals surface area (Å²) < 4.78 is 25.2. The van der Waals surface area contributed by atoms with Crippen LogP contribution >= 0.6 is 11.6 Å². The summed E-state index contributed by atoms with van der Waals surface area (Å²) in [5.74, 6) is -0.00736. The average Bonchev–Trinajstić information content (AvgIpc) is 3.32. The molecule has 0 unspecified atom stereocenters. The van der Waals surface area contributed by atoms with E-state index in [1.165, 1.54) is 17.9 Å². The Morgan fingerprint density at radius 3 is 2.87 bits per heavy atom. The van der Waals surface area contributed by atoms with Crippen LogP contribution in [0.25, 0.3) is 5.57 Å². The maximum Gasteiger partial charge on any atom is 0.414 e. The third-order valence-electron chi connectivity index (χ3n) is 5.04. The predicted molar refractivity (Wildman–Crippen MR) is 109 cm³/mol. The molecule has 8 nitrogen and oxygen atoms in total. The number of carbonyl (C=O) groups is 2. The molecule has 1 N–H and O–H groups in total. The lowest BCUT2D eigenvalue weighted by molar-refractivity contribution is -0.119. The lowest BCUT2D eigenvalue weighted by atomic mass is 10.0. The second-order valence-electron chi connectivity index (χ2n) is 7.13. The zero-order valence-corrected chi connectivity index (χ0v) is 17.0. The smallest absolute Gasteiger partial charge is 0.414 e. The van der Waals surface area contributed by atoms with Gasteiger partial charge in [-0.2, -0.15) is 0 Å². The molecule has 2 aliphatic rings. The summed E-state index contributed by atoms with van der Waals surface area (Å²) >= 11 is 5.80. The minimum Gasteiger partial charge on any atom is -0.442 e. The van der Waals surface area contributed by atoms with E-state index in [1.807, 2.05) is 11.0 Å². The van der Waals surface area contributed by atoms with Crippen molar-refractivity contribution in [2.24, 2.45) is 0 Å². The SMILES string of the molecule is CC(=O)NC[C@H]1CN(c2ccc(N3CC=C(c4cc(Cl)no4)CC3)c(F)c2)C(=O)O1. The number of hydrogen-bond donors (Lipinski definition) is 1. The van der Waals surface area contributed by atoms with Crippen LogP contribution in [0.2, 0.25) is 5.15 Å². The van der Waals surface area contributed by atoms with E-state index in [1.54, 1.807) is 18.2 Å². The van der Waals surface area contributed by atoms with E-state index in [0.29, 0.717) is 41.8 Å². The van der Waals surface area contributed by atoms with Gasteiger partial charge in [0.1, 0.15) is 11.9 Å². The first-order valence-corrected chi connectivity index (χ1v) is 9.87. The highest BCUT2D eigenvalue weighted by atomic mass is 35.5. The highest BCUT2D eigenvalue weighted by molar-refractivity contribution is 6.29. The van der Waals surface area contributed by atoms with Crippen LogP contribution in [-0.2, 0) is 9.53 Å². The molecule has 30 heavy (non-hydrogen) atoms. The number of nitrogens with zero attached hydrogens (tertiary/aromatic N) is 3. The molecule has 1 fully saturated rings. The molecule has 1 atom stereocenters. The van der Waals surface area contributed by atoms with Gasteiger partial charge in [-0.05, 0) is 30.2 Å². The van der Waals surface area contributed by atoms with E-state index in [9.17, 15) is 14.0 Å². The van der Waals surface area contributed by atoms with Gasteiger partial charge < -0.3 is 19.5 Å². The number of cyclic esters (lactones) is 1. The Balaban J connectivity index is 1.43. The zero-order chi connectivity index (χ0) is 21.3. The molecule has 0 saturated carbocycles. The molecule has 3 heterocycles. The summed E-state index contributed by atoms with van der Waals surface area (Å²) in [4.78, 5) is 26.4. The topological polar surface area (TPSA) is 87.9 Å². The lowest BCUT2D eigenvalue weighted by Crippen LogP contribution is -2.33. The van der Waals surface area contributed by atoms with Gasteiger partial charge in [-0.25, -0.2) is 9.18 Å². The molecule has 0 spiro atoms. The monoisotopic (exact) mass is 434 g/mol. The third-order valence-corrected chi connectivity index (χ3v) is 5.22. The Hall–Kier alpha value is -3.07. The van der Waals surface area contributed by atoms with E-state index >= 15 is 0 Å². The number of aromatic nitrogens is 1. The highest BCUT2D eigenvalue weighted by Gasteiger charge is 2.33. The molecule has 1 aromatic heterocycles. The quantitative estimate of drug-likeness (QED) is 0.777. The van der Waals surface area contributed by atoms with Crippen LogP contribution in [-0.4, -0.2) is 49.4 Å². The van der Waals surface area contributed by atoms with E-state index in [-0.39, 0.29) is 19.0 Å². The van der Waals surface area contributed by atoms with Crippen LogP contribution in [0.5, 0.6) is 0 Å². The second kappa shape index (κ2) is 8.35. The molecular weight excluding hydrogens is 415 g/mol. The zero-order valence-electron chi connectivity index (χ0n) is 16.2. The summed E-state index contributed by atoms with van der Waals surface area (Å²) in [6.45, 7) is 2.96. The van der Waals surface area contributed by atoms with Crippen LogP contribution in [0.4, 0.5) is 20.6 Å². The van der Waals surface area contributed by atoms with Crippen molar-refractivity contribution in [3.05, 3.63) is 47.1 Å². The summed E-state index contributed by atoms with van der Waals surface area (Å²) in [7, 11) is 0. The molecule has 0 bridgehead atoms. The number of hydrogen-bond acceptors (Lipinski definition) is 6. The van der Waals surface area contributed by atoms with E-state index in [4.69, 9.17) is 20.9 Å². The van der Waals surface area contributed by atoms with E-state index in [2.05, 4.69) is 10.5 Å². The Kier molecular flexibility index (Phi) is 5.63. The summed E-state index contributed by atoms with van der Waals surface area (Å²) in [6, 6.07) is 6.33. The van der Waals surface area contributed by atoms with Gasteiger partial charge in [0.2, 0.25) is 5.91 Å². The van der Waals surface area contributed by atoms with Gasteiger partial charge in [0.25, 0.3) is 0 Å². The van der Waals surface area contributed by atoms with Crippen molar-refractivity contribution in [3.63, 3.8) is 0 Å². The fraction of sp³-hybridized carbons (Fsp3) is 0.350. The molecule has 4 rings (SSSR count). The van der Waals surface area contributed by atoms with Gasteiger partial charge in [0.15, 0.2) is 10.9 Å². The number of benzene rings is 1. The average molecular weight is 435 g/mol. The fourth-order valence-corrected chi connectivity index (χ4v) is 3.67. The van der Waals surface area contributed by atoms with Gasteiger partial charge in [0, 0.05) is 26.1 Å². The molecule has 2 amide bonds. The van der Waals surface area contributed by atoms with E-state index in [0.717, 1.165) is 5.57 Å². The lowest BCUT2D eigenvalue weighted by Gasteiger charge is -2.28. The van der Waals surface area contributed by atoms with Gasteiger partial charge >= 0.3 is 6.09 Å². The van der Waals surface area contributed by atoms with Crippen molar-refractivity contribution in [3.8, 4) is 0 Å². The minimum atomic E-state index is -0.561. The maximum atomic E-state index is 14.8. The Labute approximate surface area is 177 Å². The Morgan fingerprint density at radius 2 is 2.23 bits per heavy atom. The summed E-state index contributed by atoms with van der Waals surface area (Å²) in [6.07, 6.45) is 1.59. The molecule has 158 valence electrons. The fourth-order valence-electron chi connectivity index (χ4n) is 3.53. The first-order valence-electron chi connectivity index (χ1n) is 9.49. The van der Waals surface area contributed by atoms with Crippen LogP contribution in [0.15, 0.2) is 34.9 Å². The summed E-state index contributed by atoms with van der Waals surface area (Å²) in [5, 5.41) is 6.59. The maximum absolute atomic E-state index is 14.8. The Morgan fingerprint density at radius 1 is 1.40 bits per heavy atom. The van der Waals surface area contributed by atoms with Crippen LogP contribution in [0.3, 0.4) is 0 Å². The summed E-state index contributed by atoms with van der Waals surface area (Å²) in [5.41, 5.74) is 1.84. The second-order valence-corrected chi connectivity index (χ2v) is 7.52. The molecule has 0 aliphatic carbocycles. The normalized spacial score (nSPS) is 19.0. The number of nitrogens with one attached hydrogen (secondary N) is 1. The van der Waals surface area contributed by atoms with Crippen LogP contribution in [0.1, 0.15) is 19.1 Å². The molecule has 10 heteroatoms. The number of ether oxygens (including phenoxy) is 1. The van der Waals surface area contributed by atoms with Crippen molar-refractivity contribution in [2.45, 2.75) is 19.4 Å². The molecule has 1 saturated heterocycles. The number of rotatable bonds is 5. The van der Waals surface area contributed by atoms with E-state index < -0.39 is 18.0 Å². The number of halogens is 2. The van der Waals surface area contributed by atoms with Gasteiger partial charge in [0.05, 0.1) is 24.5 Å². The molecular formula is C20H20ClFN4O4. The van der Waals surface area contributed by atoms with Crippen molar-refractivity contribution >= 4 is 40.5 Å². The van der Waals surface area contributed by atoms with Gasteiger partial charge in [-0.1, -0.05) is 22.8 Å². The molecule has 2 aromatic rings. The molecule has 1 aromatic carbocycles. The first kappa shape index (κ1) is 20.2. The number of amides is 2. The standard InChI is InChI=1S/C20H20ClFN4O4/c1-12(27)23-10-15-11-26(20(28)29-15)14-2-3-17(16(22)8-14)25-6-4-13(5-7-25)18-9-19(21)24-30-18/h2-4,8-9,15H,5-7,10-11H2,1H3,(H,23,27)/t15-/m0/s1. The minimum absolute atomic E-state index is 0.204. The highest BCUT2D eigenvalue weighted by Crippen LogP contribution is 2.31. The first-order chi connectivity index (χ1) is 14.4. The predicted octanol–water partition coefficient (Wildman–Crippen LogP) is 3.22. The van der Waals surface area contributed by atoms with Crippen LogP contribution in [0, 0.1) is 5.82 Å². The number of carbonyl (C=O) groups excluding carboxylic acids is 2. The van der Waals surface area contributed by atoms with Gasteiger partial charge in [-0.15, -0.1) is 0 Å². The van der Waals surface area contributed by atoms with Crippen molar-refractivity contribution < 1.29 is 23.2 Å². The number of anilines is 2. The Bertz CT molecular complexity index is 1010. The molecule has 2 aliphatic heterocycles. The van der Waals surface area contributed by atoms with Crippen LogP contribution < -0.4 is 15.1 Å². The van der Waals surface area contributed by atoms with Crippen molar-refractivity contribution in [1.29, 1.82) is 0 Å². The third kappa shape index (κ3) is 4.25. The van der Waals surface area contributed by atoms with Crippen molar-refractivity contribution in [2.75, 3.05) is 36.0 Å². The van der Waals surface area contributed by atoms with Gasteiger partial charge in [-0.3, -0.25) is 9.69 Å².